The van der Waals surface area contributed by atoms with E-state index in [4.69, 9.17) is 0 Å². The molecule has 0 aromatic heterocycles. The lowest BCUT2D eigenvalue weighted by molar-refractivity contribution is 0.0789. The van der Waals surface area contributed by atoms with Gasteiger partial charge in [-0.2, -0.15) is 0 Å². The third-order valence-corrected chi connectivity index (χ3v) is 7.22. The quantitative estimate of drug-likeness (QED) is 0.586. The van der Waals surface area contributed by atoms with Crippen LogP contribution in [0.3, 0.4) is 0 Å². The Bertz CT molecular complexity index is 1060. The summed E-state index contributed by atoms with van der Waals surface area (Å²) >= 11 is 1.40. The van der Waals surface area contributed by atoms with Crippen LogP contribution in [-0.2, 0) is 10.0 Å². The molecule has 0 atom stereocenters. The SMILES string of the molecule is CCCNC(=O)c1ccccc1NS(=O)(=O)c1ccc(SC)c(C(=O)N2CCCC2)c1. The summed E-state index contributed by atoms with van der Waals surface area (Å²) in [4.78, 5) is 27.8. The van der Waals surface area contributed by atoms with E-state index in [0.29, 0.717) is 25.2 Å². The molecule has 0 saturated carbocycles. The highest BCUT2D eigenvalue weighted by atomic mass is 32.2. The Hall–Kier alpha value is -2.52. The molecule has 2 aromatic carbocycles. The maximum Gasteiger partial charge on any atom is 0.261 e. The Labute approximate surface area is 187 Å². The van der Waals surface area contributed by atoms with Crippen LogP contribution in [-0.4, -0.2) is 51.0 Å². The number of carbonyl (C=O) groups is 2. The molecule has 0 aliphatic carbocycles. The van der Waals surface area contributed by atoms with Gasteiger partial charge in [0.05, 0.1) is 21.7 Å². The Morgan fingerprint density at radius 3 is 2.45 bits per heavy atom. The van der Waals surface area contributed by atoms with Crippen LogP contribution in [0.5, 0.6) is 0 Å². The van der Waals surface area contributed by atoms with Crippen molar-refractivity contribution in [1.82, 2.24) is 10.2 Å². The van der Waals surface area contributed by atoms with Crippen molar-refractivity contribution in [3.05, 3.63) is 53.6 Å². The Kier molecular flexibility index (Phi) is 7.61. The van der Waals surface area contributed by atoms with Crippen molar-refractivity contribution >= 4 is 39.3 Å². The highest BCUT2D eigenvalue weighted by Gasteiger charge is 2.25. The van der Waals surface area contributed by atoms with Gasteiger partial charge in [-0.15, -0.1) is 11.8 Å². The number of rotatable bonds is 8. The zero-order valence-corrected chi connectivity index (χ0v) is 19.3. The first-order valence-corrected chi connectivity index (χ1v) is 13.0. The molecule has 1 aliphatic rings. The number of hydrogen-bond donors (Lipinski definition) is 2. The Balaban J connectivity index is 1.92. The molecule has 166 valence electrons. The predicted octanol–water partition coefficient (Wildman–Crippen LogP) is 3.59. The highest BCUT2D eigenvalue weighted by molar-refractivity contribution is 7.98. The largest absolute Gasteiger partial charge is 0.352 e. The lowest BCUT2D eigenvalue weighted by atomic mass is 10.1. The number of carbonyl (C=O) groups excluding carboxylic acids is 2. The number of anilines is 1. The van der Waals surface area contributed by atoms with E-state index < -0.39 is 10.0 Å². The van der Waals surface area contributed by atoms with Gasteiger partial charge in [0, 0.05) is 24.5 Å². The van der Waals surface area contributed by atoms with Crippen LogP contribution >= 0.6 is 11.8 Å². The van der Waals surface area contributed by atoms with E-state index in [1.54, 1.807) is 35.2 Å². The fourth-order valence-electron chi connectivity index (χ4n) is 3.42. The van der Waals surface area contributed by atoms with Crippen LogP contribution in [0.4, 0.5) is 5.69 Å². The van der Waals surface area contributed by atoms with E-state index in [-0.39, 0.29) is 28.0 Å². The van der Waals surface area contributed by atoms with Gasteiger partial charge in [-0.25, -0.2) is 8.42 Å². The van der Waals surface area contributed by atoms with Gasteiger partial charge in [0.25, 0.3) is 21.8 Å². The molecule has 1 saturated heterocycles. The first-order valence-electron chi connectivity index (χ1n) is 10.2. The molecule has 1 aliphatic heterocycles. The first-order chi connectivity index (χ1) is 14.9. The lowest BCUT2D eigenvalue weighted by Crippen LogP contribution is -2.28. The van der Waals surface area contributed by atoms with E-state index in [9.17, 15) is 18.0 Å². The normalized spacial score (nSPS) is 13.8. The van der Waals surface area contributed by atoms with Gasteiger partial charge in [0.15, 0.2) is 0 Å². The summed E-state index contributed by atoms with van der Waals surface area (Å²) in [6, 6.07) is 11.0. The average molecular weight is 462 g/mol. The van der Waals surface area contributed by atoms with Crippen molar-refractivity contribution in [1.29, 1.82) is 0 Å². The molecule has 1 fully saturated rings. The van der Waals surface area contributed by atoms with Gasteiger partial charge in [-0.05, 0) is 55.9 Å². The van der Waals surface area contributed by atoms with Gasteiger partial charge < -0.3 is 10.2 Å². The van der Waals surface area contributed by atoms with Crippen molar-refractivity contribution in [3.63, 3.8) is 0 Å². The van der Waals surface area contributed by atoms with Crippen LogP contribution < -0.4 is 10.0 Å². The molecule has 0 bridgehead atoms. The molecule has 0 radical (unpaired) electrons. The zero-order valence-electron chi connectivity index (χ0n) is 17.7. The minimum atomic E-state index is -4.00. The molecule has 7 nitrogen and oxygen atoms in total. The van der Waals surface area contributed by atoms with Crippen LogP contribution in [0, 0.1) is 0 Å². The number of amides is 2. The lowest BCUT2D eigenvalue weighted by Gasteiger charge is -2.18. The number of para-hydroxylation sites is 1. The van der Waals surface area contributed by atoms with Crippen molar-refractivity contribution < 1.29 is 18.0 Å². The van der Waals surface area contributed by atoms with Crippen LogP contribution in [0.15, 0.2) is 52.3 Å². The van der Waals surface area contributed by atoms with Crippen LogP contribution in [0.2, 0.25) is 0 Å². The topological polar surface area (TPSA) is 95.6 Å². The standard InChI is InChI=1S/C22H27N3O4S2/c1-3-12-23-21(26)17-8-4-5-9-19(17)24-31(28,29)16-10-11-20(30-2)18(15-16)22(27)25-13-6-7-14-25/h4-5,8-11,15,24H,3,6-7,12-14H2,1-2H3,(H,23,26). The molecular formula is C22H27N3O4S2. The number of nitrogens with one attached hydrogen (secondary N) is 2. The third-order valence-electron chi connectivity index (χ3n) is 5.06. The molecular weight excluding hydrogens is 434 g/mol. The molecule has 2 aromatic rings. The van der Waals surface area contributed by atoms with Crippen molar-refractivity contribution in [2.24, 2.45) is 0 Å². The van der Waals surface area contributed by atoms with E-state index >= 15 is 0 Å². The maximum atomic E-state index is 13.1. The fourth-order valence-corrected chi connectivity index (χ4v) is 5.10. The first kappa shape index (κ1) is 23.1. The molecule has 31 heavy (non-hydrogen) atoms. The van der Waals surface area contributed by atoms with Gasteiger partial charge in [0.2, 0.25) is 0 Å². The van der Waals surface area contributed by atoms with E-state index in [1.807, 2.05) is 13.2 Å². The van der Waals surface area contributed by atoms with Crippen molar-refractivity contribution in [2.45, 2.75) is 36.0 Å². The van der Waals surface area contributed by atoms with E-state index in [0.717, 1.165) is 24.2 Å². The second-order valence-electron chi connectivity index (χ2n) is 7.27. The van der Waals surface area contributed by atoms with Crippen LogP contribution in [0.1, 0.15) is 46.9 Å². The maximum absolute atomic E-state index is 13.1. The summed E-state index contributed by atoms with van der Waals surface area (Å²) in [5.41, 5.74) is 0.817. The summed E-state index contributed by atoms with van der Waals surface area (Å²) in [6.07, 6.45) is 4.54. The summed E-state index contributed by atoms with van der Waals surface area (Å²) < 4.78 is 28.7. The number of benzene rings is 2. The minimum absolute atomic E-state index is 0.0170. The van der Waals surface area contributed by atoms with Crippen LogP contribution in [0.25, 0.3) is 0 Å². The van der Waals surface area contributed by atoms with Crippen molar-refractivity contribution in [2.75, 3.05) is 30.6 Å². The molecule has 2 amide bonds. The Morgan fingerprint density at radius 1 is 1.06 bits per heavy atom. The van der Waals surface area contributed by atoms with E-state index in [2.05, 4.69) is 10.0 Å². The molecule has 2 N–H and O–H groups in total. The summed E-state index contributed by atoms with van der Waals surface area (Å²) in [5.74, 6) is -0.499. The number of thioether (sulfide) groups is 1. The number of likely N-dealkylation sites (tertiary alicyclic amines) is 1. The second-order valence-corrected chi connectivity index (χ2v) is 9.80. The fraction of sp³-hybridized carbons (Fsp3) is 0.364. The molecule has 0 unspecified atom stereocenters. The van der Waals surface area contributed by atoms with Gasteiger partial charge in [0.1, 0.15) is 0 Å². The molecule has 0 spiro atoms. The minimum Gasteiger partial charge on any atom is -0.352 e. The van der Waals surface area contributed by atoms with Gasteiger partial charge in [-0.3, -0.25) is 14.3 Å². The summed E-state index contributed by atoms with van der Waals surface area (Å²) in [5, 5.41) is 2.76. The Morgan fingerprint density at radius 2 is 1.77 bits per heavy atom. The summed E-state index contributed by atoms with van der Waals surface area (Å²) in [6.45, 7) is 3.80. The smallest absolute Gasteiger partial charge is 0.261 e. The molecule has 9 heteroatoms. The average Bonchev–Trinajstić information content (AvgIpc) is 3.31. The number of sulfonamides is 1. The van der Waals surface area contributed by atoms with Gasteiger partial charge >= 0.3 is 0 Å². The zero-order chi connectivity index (χ0) is 22.4. The van der Waals surface area contributed by atoms with Gasteiger partial charge in [-0.1, -0.05) is 19.1 Å². The monoisotopic (exact) mass is 461 g/mol. The van der Waals surface area contributed by atoms with E-state index in [1.165, 1.54) is 23.9 Å². The number of hydrogen-bond acceptors (Lipinski definition) is 5. The number of nitrogens with zero attached hydrogens (tertiary/aromatic N) is 1. The predicted molar refractivity (Wildman–Crippen MR) is 123 cm³/mol. The van der Waals surface area contributed by atoms with Crippen molar-refractivity contribution in [3.8, 4) is 0 Å². The third kappa shape index (κ3) is 5.40. The summed E-state index contributed by atoms with van der Waals surface area (Å²) in [7, 11) is -4.00. The highest BCUT2D eigenvalue weighted by Crippen LogP contribution is 2.28. The second kappa shape index (κ2) is 10.2. The molecule has 3 rings (SSSR count). The molecule has 1 heterocycles.